The van der Waals surface area contributed by atoms with Gasteiger partial charge in [-0.25, -0.2) is 0 Å². The molecule has 0 saturated carbocycles. The Morgan fingerprint density at radius 1 is 0.500 bits per heavy atom. The summed E-state index contributed by atoms with van der Waals surface area (Å²) in [5.41, 5.74) is -0.521. The Morgan fingerprint density at radius 3 is 1.13 bits per heavy atom. The lowest BCUT2D eigenvalue weighted by atomic mass is 10.2. The lowest BCUT2D eigenvalue weighted by molar-refractivity contribution is -0.393. The lowest BCUT2D eigenvalue weighted by Crippen LogP contribution is -2.16. The minimum absolute atomic E-state index is 0.187. The number of hydrogen-bond donors (Lipinski definition) is 1. The van der Waals surface area contributed by atoms with E-state index in [0.717, 1.165) is 17.1 Å². The molecule has 0 radical (unpaired) electrons. The first kappa shape index (κ1) is 42.2. The van der Waals surface area contributed by atoms with Crippen molar-refractivity contribution in [3.8, 4) is 0 Å². The van der Waals surface area contributed by atoms with Crippen molar-refractivity contribution in [3.63, 3.8) is 0 Å². The number of halogens is 1. The van der Waals surface area contributed by atoms with Gasteiger partial charge < -0.3 is 52.7 Å². The summed E-state index contributed by atoms with van der Waals surface area (Å²) >= 11 is 2.27. The van der Waals surface area contributed by atoms with E-state index in [9.17, 15) is 20.2 Å². The predicted octanol–water partition coefficient (Wildman–Crippen LogP) is 2.52. The van der Waals surface area contributed by atoms with Gasteiger partial charge in [-0.15, -0.1) is 0 Å². The van der Waals surface area contributed by atoms with Crippen LogP contribution in [0.2, 0.25) is 0 Å². The van der Waals surface area contributed by atoms with E-state index in [4.69, 9.17) is 47.4 Å². The molecule has 0 unspecified atom stereocenters. The topological polar surface area (TPSA) is 191 Å². The van der Waals surface area contributed by atoms with E-state index in [1.54, 1.807) is 0 Å². The van der Waals surface area contributed by atoms with Gasteiger partial charge >= 0.3 is 0 Å². The number of ether oxygens (including phenoxy) is 10. The summed E-state index contributed by atoms with van der Waals surface area (Å²) in [6.07, 6.45) is 0. The lowest BCUT2D eigenvalue weighted by Gasteiger charge is -2.09. The molecule has 0 aromatic heterocycles. The monoisotopic (exact) mass is 777 g/mol. The number of hydrogen-bond acceptors (Lipinski definition) is 15. The number of nitrogens with one attached hydrogen (secondary N) is 1. The van der Waals surface area contributed by atoms with Crippen molar-refractivity contribution < 1.29 is 57.2 Å². The second kappa shape index (κ2) is 31.7. The highest BCUT2D eigenvalue weighted by atomic mass is 127. The second-order valence-electron chi connectivity index (χ2n) is 8.96. The van der Waals surface area contributed by atoms with Crippen LogP contribution in [0.15, 0.2) is 18.2 Å². The van der Waals surface area contributed by atoms with Crippen LogP contribution in [0.1, 0.15) is 0 Å². The average Bonchev–Trinajstić information content (AvgIpc) is 3.05. The molecule has 0 heterocycles. The van der Waals surface area contributed by atoms with E-state index in [2.05, 4.69) is 27.9 Å². The van der Waals surface area contributed by atoms with Crippen molar-refractivity contribution in [1.82, 2.24) is 0 Å². The standard InChI is InChI=1S/C28H48IN3O14/c29-3-5-37-7-9-39-11-13-41-15-17-43-19-21-45-23-24-46-22-20-44-18-16-42-14-12-40-10-8-38-6-4-30-27-2-1-26(31(33)34)25-28(27)32(35)36/h1-2,25,30H,3-24H2. The number of non-ortho nitro benzene ring substituents is 1. The zero-order chi connectivity index (χ0) is 33.3. The zero-order valence-electron chi connectivity index (χ0n) is 26.3. The quantitative estimate of drug-likeness (QED) is 0.0348. The molecule has 0 bridgehead atoms. The van der Waals surface area contributed by atoms with Gasteiger partial charge in [0.15, 0.2) is 0 Å². The Morgan fingerprint density at radius 2 is 0.826 bits per heavy atom. The van der Waals surface area contributed by atoms with Gasteiger partial charge in [-0.05, 0) is 6.07 Å². The van der Waals surface area contributed by atoms with Gasteiger partial charge in [0.05, 0.1) is 148 Å². The fourth-order valence-electron chi connectivity index (χ4n) is 3.33. The third-order valence-corrected chi connectivity index (χ3v) is 5.96. The predicted molar refractivity (Wildman–Crippen MR) is 175 cm³/mol. The van der Waals surface area contributed by atoms with Gasteiger partial charge in [0, 0.05) is 17.0 Å². The number of rotatable bonds is 35. The minimum atomic E-state index is -0.680. The van der Waals surface area contributed by atoms with Crippen LogP contribution in [0.3, 0.4) is 0 Å². The summed E-state index contributed by atoms with van der Waals surface area (Å²) in [7, 11) is 0. The number of nitrogens with zero attached hydrogens (tertiary/aromatic N) is 2. The van der Waals surface area contributed by atoms with Crippen LogP contribution in [-0.2, 0) is 47.4 Å². The second-order valence-corrected chi connectivity index (χ2v) is 10.0. The van der Waals surface area contributed by atoms with Crippen molar-refractivity contribution in [1.29, 1.82) is 0 Å². The molecule has 266 valence electrons. The first-order chi connectivity index (χ1) is 22.6. The number of nitro groups is 2. The Bertz CT molecular complexity index is 890. The van der Waals surface area contributed by atoms with Crippen molar-refractivity contribution in [3.05, 3.63) is 38.4 Å². The third kappa shape index (κ3) is 25.3. The van der Waals surface area contributed by atoms with E-state index >= 15 is 0 Å². The third-order valence-electron chi connectivity index (χ3n) is 5.52. The molecule has 0 aliphatic rings. The van der Waals surface area contributed by atoms with Gasteiger partial charge in [-0.1, -0.05) is 22.6 Å². The maximum atomic E-state index is 11.1. The summed E-state index contributed by atoms with van der Waals surface area (Å²) in [4.78, 5) is 20.6. The fraction of sp³-hybridized carbons (Fsp3) is 0.786. The average molecular weight is 778 g/mol. The SMILES string of the molecule is O=[N+]([O-])c1ccc(NCCOCCOCCOCCOCCOCCOCCOCCOCCOCCOCCI)c([N+](=O)[O-])c1. The van der Waals surface area contributed by atoms with Gasteiger partial charge in [0.1, 0.15) is 5.69 Å². The van der Waals surface area contributed by atoms with Gasteiger partial charge in [-0.3, -0.25) is 20.2 Å². The van der Waals surface area contributed by atoms with Gasteiger partial charge in [0.2, 0.25) is 0 Å². The molecule has 0 spiro atoms. The Kier molecular flexibility index (Phi) is 29.1. The van der Waals surface area contributed by atoms with Crippen molar-refractivity contribution >= 4 is 39.7 Å². The van der Waals surface area contributed by atoms with Crippen molar-refractivity contribution in [2.24, 2.45) is 0 Å². The van der Waals surface area contributed by atoms with E-state index in [1.165, 1.54) is 12.1 Å². The maximum Gasteiger partial charge on any atom is 0.299 e. The Hall–Kier alpha value is -1.85. The molecule has 0 atom stereocenters. The van der Waals surface area contributed by atoms with E-state index in [1.807, 2.05) is 0 Å². The van der Waals surface area contributed by atoms with E-state index in [0.29, 0.717) is 125 Å². The molecule has 0 saturated heterocycles. The molecule has 17 nitrogen and oxygen atoms in total. The Labute approximate surface area is 283 Å². The number of alkyl halides is 1. The summed E-state index contributed by atoms with van der Waals surface area (Å²) in [6, 6.07) is 3.43. The van der Waals surface area contributed by atoms with Crippen LogP contribution < -0.4 is 5.32 Å². The first-order valence-electron chi connectivity index (χ1n) is 15.1. The molecule has 1 aromatic rings. The summed E-state index contributed by atoms with van der Waals surface area (Å²) < 4.78 is 55.2. The zero-order valence-corrected chi connectivity index (χ0v) is 28.4. The van der Waals surface area contributed by atoms with Gasteiger partial charge in [-0.2, -0.15) is 0 Å². The molecule has 1 N–H and O–H groups in total. The number of benzene rings is 1. The highest BCUT2D eigenvalue weighted by molar-refractivity contribution is 14.1. The number of nitro benzene ring substituents is 2. The molecule has 1 rings (SSSR count). The largest absolute Gasteiger partial charge is 0.378 e. The molecule has 46 heavy (non-hydrogen) atoms. The van der Waals surface area contributed by atoms with Crippen LogP contribution in [0.4, 0.5) is 17.1 Å². The normalized spacial score (nSPS) is 11.2. The first-order valence-corrected chi connectivity index (χ1v) is 16.6. The minimum Gasteiger partial charge on any atom is -0.378 e. The van der Waals surface area contributed by atoms with Crippen molar-refractivity contribution in [2.45, 2.75) is 0 Å². The van der Waals surface area contributed by atoms with E-state index < -0.39 is 9.85 Å². The summed E-state index contributed by atoms with van der Waals surface area (Å²) in [5.74, 6) is 0. The Balaban J connectivity index is 1.74. The highest BCUT2D eigenvalue weighted by Gasteiger charge is 2.19. The van der Waals surface area contributed by atoms with Crippen LogP contribution in [-0.4, -0.2) is 153 Å². The van der Waals surface area contributed by atoms with Crippen LogP contribution in [0.25, 0.3) is 0 Å². The molecule has 0 aliphatic carbocycles. The molecule has 0 amide bonds. The molecule has 0 aliphatic heterocycles. The molecular weight excluding hydrogens is 729 g/mol. The van der Waals surface area contributed by atoms with Crippen LogP contribution >= 0.6 is 22.6 Å². The van der Waals surface area contributed by atoms with E-state index in [-0.39, 0.29) is 23.7 Å². The fourth-order valence-corrected chi connectivity index (χ4v) is 3.64. The molecule has 0 fully saturated rings. The molecule has 18 heteroatoms. The summed E-state index contributed by atoms with van der Waals surface area (Å²) in [6.45, 7) is 9.93. The van der Waals surface area contributed by atoms with Crippen LogP contribution in [0.5, 0.6) is 0 Å². The van der Waals surface area contributed by atoms with Gasteiger partial charge in [0.25, 0.3) is 11.4 Å². The molecular formula is C28H48IN3O14. The summed E-state index contributed by atoms with van der Waals surface area (Å²) in [5, 5.41) is 24.8. The highest BCUT2D eigenvalue weighted by Crippen LogP contribution is 2.28. The number of anilines is 1. The van der Waals surface area contributed by atoms with Crippen molar-refractivity contribution in [2.75, 3.05) is 148 Å². The maximum absolute atomic E-state index is 11.1. The van der Waals surface area contributed by atoms with Crippen LogP contribution in [0, 0.1) is 20.2 Å². The molecule has 1 aromatic carbocycles. The smallest absolute Gasteiger partial charge is 0.299 e.